The summed E-state index contributed by atoms with van der Waals surface area (Å²) >= 11 is 0. The average molecular weight is 250 g/mol. The smallest absolute Gasteiger partial charge is 0.0641 e. The lowest BCUT2D eigenvalue weighted by molar-refractivity contribution is 0.107. The number of para-hydroxylation sites is 1. The highest BCUT2D eigenvalue weighted by molar-refractivity contribution is 5.74. The van der Waals surface area contributed by atoms with E-state index in [1.165, 1.54) is 11.3 Å². The lowest BCUT2D eigenvalue weighted by Gasteiger charge is -2.20. The van der Waals surface area contributed by atoms with Crippen molar-refractivity contribution >= 4 is 11.4 Å². The molecular formula is C14H22N2O2. The van der Waals surface area contributed by atoms with Crippen LogP contribution in [0.25, 0.3) is 0 Å². The Balaban J connectivity index is 1.76. The number of nitrogens with two attached hydrogens (primary N) is 1. The van der Waals surface area contributed by atoms with Crippen molar-refractivity contribution in [1.29, 1.82) is 0 Å². The fourth-order valence-corrected chi connectivity index (χ4v) is 2.37. The highest BCUT2D eigenvalue weighted by atomic mass is 16.5. The molecule has 1 aliphatic heterocycles. The minimum atomic E-state index is 0.748. The largest absolute Gasteiger partial charge is 0.397 e. The summed E-state index contributed by atoms with van der Waals surface area (Å²) < 4.78 is 10.6. The van der Waals surface area contributed by atoms with Crippen LogP contribution in [-0.2, 0) is 15.9 Å². The number of hydrogen-bond acceptors (Lipinski definition) is 4. The molecule has 0 saturated heterocycles. The van der Waals surface area contributed by atoms with Crippen LogP contribution < -0.4 is 10.6 Å². The van der Waals surface area contributed by atoms with Crippen molar-refractivity contribution in [2.75, 3.05) is 50.7 Å². The van der Waals surface area contributed by atoms with Crippen molar-refractivity contribution in [2.24, 2.45) is 0 Å². The number of nitrogen functional groups attached to an aromatic ring is 1. The van der Waals surface area contributed by atoms with Crippen molar-refractivity contribution in [3.05, 3.63) is 23.8 Å². The molecule has 0 aliphatic carbocycles. The molecule has 0 amide bonds. The first-order valence-corrected chi connectivity index (χ1v) is 6.52. The Bertz CT molecular complexity index is 382. The Labute approximate surface area is 109 Å². The van der Waals surface area contributed by atoms with E-state index in [0.717, 1.165) is 51.4 Å². The predicted octanol–water partition coefficient (Wildman–Crippen LogP) is 1.68. The normalized spacial score (nSPS) is 13.9. The molecule has 100 valence electrons. The van der Waals surface area contributed by atoms with Gasteiger partial charge >= 0.3 is 0 Å². The maximum absolute atomic E-state index is 6.03. The maximum atomic E-state index is 6.03. The Hall–Kier alpha value is -1.26. The van der Waals surface area contributed by atoms with E-state index in [0.29, 0.717) is 0 Å². The Morgan fingerprint density at radius 2 is 2.17 bits per heavy atom. The van der Waals surface area contributed by atoms with Gasteiger partial charge in [0.25, 0.3) is 0 Å². The Morgan fingerprint density at radius 3 is 3.00 bits per heavy atom. The third-order valence-corrected chi connectivity index (χ3v) is 3.26. The summed E-state index contributed by atoms with van der Waals surface area (Å²) in [5, 5.41) is 0. The first-order valence-electron chi connectivity index (χ1n) is 6.52. The molecular weight excluding hydrogens is 228 g/mol. The Kier molecular flexibility index (Phi) is 4.84. The lowest BCUT2D eigenvalue weighted by atomic mass is 10.1. The van der Waals surface area contributed by atoms with E-state index in [1.54, 1.807) is 7.11 Å². The fourth-order valence-electron chi connectivity index (χ4n) is 2.37. The van der Waals surface area contributed by atoms with Gasteiger partial charge in [0.15, 0.2) is 0 Å². The first kappa shape index (κ1) is 13.2. The van der Waals surface area contributed by atoms with Crippen LogP contribution in [-0.4, -0.2) is 40.0 Å². The Morgan fingerprint density at radius 1 is 1.28 bits per heavy atom. The van der Waals surface area contributed by atoms with Crippen molar-refractivity contribution in [1.82, 2.24) is 0 Å². The monoisotopic (exact) mass is 250 g/mol. The van der Waals surface area contributed by atoms with Gasteiger partial charge in [-0.1, -0.05) is 12.1 Å². The van der Waals surface area contributed by atoms with Gasteiger partial charge in [0.05, 0.1) is 18.0 Å². The highest BCUT2D eigenvalue weighted by Gasteiger charge is 2.20. The molecule has 0 aromatic heterocycles. The van der Waals surface area contributed by atoms with Crippen LogP contribution in [0.4, 0.5) is 11.4 Å². The van der Waals surface area contributed by atoms with E-state index < -0.39 is 0 Å². The quantitative estimate of drug-likeness (QED) is 0.591. The summed E-state index contributed by atoms with van der Waals surface area (Å²) in [7, 11) is 1.71. The zero-order valence-electron chi connectivity index (χ0n) is 11.0. The van der Waals surface area contributed by atoms with Gasteiger partial charge in [-0.15, -0.1) is 0 Å². The summed E-state index contributed by atoms with van der Waals surface area (Å²) in [6, 6.07) is 6.15. The molecule has 1 heterocycles. The molecule has 1 aromatic carbocycles. The summed E-state index contributed by atoms with van der Waals surface area (Å²) in [6.45, 7) is 4.23. The van der Waals surface area contributed by atoms with Crippen LogP contribution in [0.5, 0.6) is 0 Å². The van der Waals surface area contributed by atoms with Crippen molar-refractivity contribution in [3.8, 4) is 0 Å². The standard InChI is InChI=1S/C14H22N2O2/c1-17-9-3-10-18-11-8-16-7-6-12-4-2-5-13(15)14(12)16/h2,4-5H,3,6-11,15H2,1H3. The lowest BCUT2D eigenvalue weighted by Crippen LogP contribution is -2.26. The zero-order chi connectivity index (χ0) is 12.8. The van der Waals surface area contributed by atoms with Crippen LogP contribution in [0.2, 0.25) is 0 Å². The molecule has 1 aromatic rings. The molecule has 1 aliphatic rings. The van der Waals surface area contributed by atoms with Gasteiger partial charge in [0.1, 0.15) is 0 Å². The van der Waals surface area contributed by atoms with Gasteiger partial charge in [-0.2, -0.15) is 0 Å². The molecule has 0 spiro atoms. The van der Waals surface area contributed by atoms with E-state index in [-0.39, 0.29) is 0 Å². The van der Waals surface area contributed by atoms with Gasteiger partial charge in [0.2, 0.25) is 0 Å². The van der Waals surface area contributed by atoms with E-state index in [2.05, 4.69) is 11.0 Å². The molecule has 0 radical (unpaired) electrons. The van der Waals surface area contributed by atoms with Gasteiger partial charge in [0, 0.05) is 33.4 Å². The number of methoxy groups -OCH3 is 1. The van der Waals surface area contributed by atoms with Crippen molar-refractivity contribution in [2.45, 2.75) is 12.8 Å². The second-order valence-corrected chi connectivity index (χ2v) is 4.55. The molecule has 2 rings (SSSR count). The summed E-state index contributed by atoms with van der Waals surface area (Å²) in [6.07, 6.45) is 2.04. The third-order valence-electron chi connectivity index (χ3n) is 3.26. The van der Waals surface area contributed by atoms with Gasteiger partial charge in [-0.3, -0.25) is 0 Å². The number of anilines is 2. The molecule has 0 bridgehead atoms. The molecule has 0 fully saturated rings. The predicted molar refractivity (Wildman–Crippen MR) is 74.1 cm³/mol. The van der Waals surface area contributed by atoms with Crippen LogP contribution in [0, 0.1) is 0 Å². The molecule has 4 nitrogen and oxygen atoms in total. The number of nitrogens with zero attached hydrogens (tertiary/aromatic N) is 1. The molecule has 0 atom stereocenters. The molecule has 18 heavy (non-hydrogen) atoms. The maximum Gasteiger partial charge on any atom is 0.0641 e. The fraction of sp³-hybridized carbons (Fsp3) is 0.571. The van der Waals surface area contributed by atoms with Crippen molar-refractivity contribution in [3.63, 3.8) is 0 Å². The third kappa shape index (κ3) is 3.15. The van der Waals surface area contributed by atoms with E-state index in [1.807, 2.05) is 12.1 Å². The van der Waals surface area contributed by atoms with Crippen molar-refractivity contribution < 1.29 is 9.47 Å². The van der Waals surface area contributed by atoms with Gasteiger partial charge in [-0.05, 0) is 24.5 Å². The summed E-state index contributed by atoms with van der Waals surface area (Å²) in [4.78, 5) is 2.32. The SMILES string of the molecule is COCCCOCCN1CCc2cccc(N)c21. The van der Waals surface area contributed by atoms with Crippen LogP contribution in [0.3, 0.4) is 0 Å². The van der Waals surface area contributed by atoms with E-state index in [4.69, 9.17) is 15.2 Å². The number of benzene rings is 1. The van der Waals surface area contributed by atoms with Crippen LogP contribution >= 0.6 is 0 Å². The second kappa shape index (κ2) is 6.61. The summed E-state index contributed by atoms with van der Waals surface area (Å²) in [5.41, 5.74) is 9.47. The van der Waals surface area contributed by atoms with Gasteiger partial charge < -0.3 is 20.1 Å². The number of hydrogen-bond donors (Lipinski definition) is 1. The summed E-state index contributed by atoms with van der Waals surface area (Å²) in [5.74, 6) is 0. The van der Waals surface area contributed by atoms with E-state index in [9.17, 15) is 0 Å². The highest BCUT2D eigenvalue weighted by Crippen LogP contribution is 2.33. The number of rotatable bonds is 7. The molecule has 4 heteroatoms. The number of fused-ring (bicyclic) bond motifs is 1. The van der Waals surface area contributed by atoms with Gasteiger partial charge in [-0.25, -0.2) is 0 Å². The van der Waals surface area contributed by atoms with Crippen LogP contribution in [0.1, 0.15) is 12.0 Å². The van der Waals surface area contributed by atoms with Crippen LogP contribution in [0.15, 0.2) is 18.2 Å². The number of ether oxygens (including phenoxy) is 2. The molecule has 0 unspecified atom stereocenters. The zero-order valence-corrected chi connectivity index (χ0v) is 11.0. The minimum absolute atomic E-state index is 0.748. The van der Waals surface area contributed by atoms with E-state index >= 15 is 0 Å². The average Bonchev–Trinajstić information content (AvgIpc) is 2.78. The minimum Gasteiger partial charge on any atom is -0.397 e. The first-order chi connectivity index (χ1) is 8.83. The molecule has 2 N–H and O–H groups in total. The second-order valence-electron chi connectivity index (χ2n) is 4.55. The topological polar surface area (TPSA) is 47.7 Å². The molecule has 0 saturated carbocycles.